The van der Waals surface area contributed by atoms with Crippen molar-refractivity contribution in [1.29, 1.82) is 0 Å². The van der Waals surface area contributed by atoms with Crippen molar-refractivity contribution in [2.45, 2.75) is 43.4 Å². The van der Waals surface area contributed by atoms with Crippen molar-refractivity contribution in [1.82, 2.24) is 4.90 Å². The van der Waals surface area contributed by atoms with Crippen LogP contribution in [0.15, 0.2) is 42.5 Å². The van der Waals surface area contributed by atoms with Gasteiger partial charge in [-0.2, -0.15) is 0 Å². The van der Waals surface area contributed by atoms with Gasteiger partial charge in [0.15, 0.2) is 11.5 Å². The Labute approximate surface area is 168 Å². The first-order chi connectivity index (χ1) is 14.0. The molecule has 0 aromatic heterocycles. The molecule has 3 aliphatic heterocycles. The molecule has 2 atom stereocenters. The van der Waals surface area contributed by atoms with Gasteiger partial charge in [-0.15, -0.1) is 0 Å². The summed E-state index contributed by atoms with van der Waals surface area (Å²) in [6.45, 7) is 0.436. The van der Waals surface area contributed by atoms with E-state index >= 15 is 0 Å². The van der Waals surface area contributed by atoms with Crippen LogP contribution in [0.5, 0.6) is 11.5 Å². The number of anilines is 1. The number of hydrogen-bond acceptors (Lipinski definition) is 5. The Hall–Kier alpha value is -2.64. The maximum absolute atomic E-state index is 14.3. The summed E-state index contributed by atoms with van der Waals surface area (Å²) in [5, 5.41) is 14.1. The lowest BCUT2D eigenvalue weighted by Crippen LogP contribution is -2.52. The molecule has 2 saturated heterocycles. The van der Waals surface area contributed by atoms with E-state index in [4.69, 9.17) is 9.47 Å². The third kappa shape index (κ3) is 3.34. The summed E-state index contributed by atoms with van der Waals surface area (Å²) in [6, 6.07) is 11.9. The fraction of sp³-hybridized carbons (Fsp3) is 0.409. The summed E-state index contributed by atoms with van der Waals surface area (Å²) >= 11 is 0. The second-order valence-electron chi connectivity index (χ2n) is 8.09. The molecule has 3 heterocycles. The third-order valence-corrected chi connectivity index (χ3v) is 6.28. The summed E-state index contributed by atoms with van der Waals surface area (Å²) < 4.78 is 24.9. The SMILES string of the molecule is O=C(CN1[C@H]2CC[C@H]1CC(O)(c1ccccc1F)C2)Nc1ccc2c(c1)OCO2. The second kappa shape index (κ2) is 7.00. The van der Waals surface area contributed by atoms with Crippen molar-refractivity contribution in [3.63, 3.8) is 0 Å². The van der Waals surface area contributed by atoms with Crippen LogP contribution in [0.1, 0.15) is 31.2 Å². The van der Waals surface area contributed by atoms with Gasteiger partial charge in [-0.3, -0.25) is 9.69 Å². The summed E-state index contributed by atoms with van der Waals surface area (Å²) in [5.41, 5.74) is -0.158. The maximum Gasteiger partial charge on any atom is 0.238 e. The van der Waals surface area contributed by atoms with E-state index in [1.54, 1.807) is 36.4 Å². The van der Waals surface area contributed by atoms with Gasteiger partial charge in [0.25, 0.3) is 0 Å². The van der Waals surface area contributed by atoms with Crippen LogP contribution in [0.25, 0.3) is 0 Å². The molecule has 2 fully saturated rings. The van der Waals surface area contributed by atoms with E-state index in [1.807, 2.05) is 0 Å². The van der Waals surface area contributed by atoms with Crippen molar-refractivity contribution < 1.29 is 23.8 Å². The van der Waals surface area contributed by atoms with Gasteiger partial charge in [0.2, 0.25) is 12.7 Å². The van der Waals surface area contributed by atoms with Crippen molar-refractivity contribution in [2.24, 2.45) is 0 Å². The second-order valence-corrected chi connectivity index (χ2v) is 8.09. The van der Waals surface area contributed by atoms with Gasteiger partial charge in [-0.05, 0) is 43.9 Å². The monoisotopic (exact) mass is 398 g/mol. The minimum atomic E-state index is -1.18. The number of rotatable bonds is 4. The number of hydrogen-bond donors (Lipinski definition) is 2. The molecule has 0 radical (unpaired) electrons. The molecule has 0 aliphatic carbocycles. The molecule has 6 nitrogen and oxygen atoms in total. The fourth-order valence-corrected chi connectivity index (χ4v) is 4.97. The molecule has 152 valence electrons. The minimum absolute atomic E-state index is 0.0564. The van der Waals surface area contributed by atoms with E-state index in [0.717, 1.165) is 12.8 Å². The van der Waals surface area contributed by atoms with Gasteiger partial charge in [0.05, 0.1) is 12.1 Å². The molecule has 1 amide bonds. The number of fused-ring (bicyclic) bond motifs is 3. The van der Waals surface area contributed by atoms with Gasteiger partial charge in [0.1, 0.15) is 5.82 Å². The summed E-state index contributed by atoms with van der Waals surface area (Å²) in [5.74, 6) is 0.806. The zero-order valence-corrected chi connectivity index (χ0v) is 15.9. The fourth-order valence-electron chi connectivity index (χ4n) is 4.97. The average molecular weight is 398 g/mol. The van der Waals surface area contributed by atoms with E-state index in [1.165, 1.54) is 6.07 Å². The van der Waals surface area contributed by atoms with Crippen LogP contribution in [0.3, 0.4) is 0 Å². The highest BCUT2D eigenvalue weighted by Gasteiger charge is 2.49. The molecule has 3 aliphatic rings. The van der Waals surface area contributed by atoms with Crippen molar-refractivity contribution in [3.8, 4) is 11.5 Å². The lowest BCUT2D eigenvalue weighted by molar-refractivity contribution is -0.121. The highest BCUT2D eigenvalue weighted by Crippen LogP contribution is 2.46. The molecule has 5 rings (SSSR count). The molecule has 2 N–H and O–H groups in total. The standard InChI is InChI=1S/C22H23FN2O4/c23-18-4-2-1-3-17(18)22(27)10-15-6-7-16(11-22)25(15)12-21(26)24-14-5-8-19-20(9-14)29-13-28-19/h1-5,8-9,15-16,27H,6-7,10-13H2,(H,24,26)/t15-,16-/m0/s1. The smallest absolute Gasteiger partial charge is 0.238 e. The first-order valence-corrected chi connectivity index (χ1v) is 9.94. The number of carbonyl (C=O) groups is 1. The van der Waals surface area contributed by atoms with E-state index in [-0.39, 0.29) is 37.1 Å². The lowest BCUT2D eigenvalue weighted by atomic mass is 9.80. The number of nitrogens with one attached hydrogen (secondary N) is 1. The Bertz CT molecular complexity index is 936. The molecule has 2 bridgehead atoms. The number of carbonyl (C=O) groups excluding carboxylic acids is 1. The molecule has 2 aromatic carbocycles. The summed E-state index contributed by atoms with van der Waals surface area (Å²) in [7, 11) is 0. The predicted octanol–water partition coefficient (Wildman–Crippen LogP) is 3.01. The third-order valence-electron chi connectivity index (χ3n) is 6.28. The Morgan fingerprint density at radius 1 is 1.14 bits per heavy atom. The maximum atomic E-state index is 14.3. The summed E-state index contributed by atoms with van der Waals surface area (Å²) in [6.07, 6.45) is 2.67. The Kier molecular flexibility index (Phi) is 4.44. The zero-order chi connectivity index (χ0) is 20.0. The Morgan fingerprint density at radius 3 is 2.62 bits per heavy atom. The van der Waals surface area contributed by atoms with Gasteiger partial charge in [0, 0.05) is 29.4 Å². The number of aliphatic hydroxyl groups is 1. The van der Waals surface area contributed by atoms with Gasteiger partial charge >= 0.3 is 0 Å². The van der Waals surface area contributed by atoms with Crippen molar-refractivity contribution in [2.75, 3.05) is 18.7 Å². The number of amides is 1. The summed E-state index contributed by atoms with van der Waals surface area (Å²) in [4.78, 5) is 14.8. The van der Waals surface area contributed by atoms with Gasteiger partial charge in [-0.1, -0.05) is 18.2 Å². The van der Waals surface area contributed by atoms with Crippen LogP contribution < -0.4 is 14.8 Å². The topological polar surface area (TPSA) is 71.0 Å². The van der Waals surface area contributed by atoms with Crippen molar-refractivity contribution >= 4 is 11.6 Å². The first-order valence-electron chi connectivity index (χ1n) is 9.94. The number of halogens is 1. The molecular weight excluding hydrogens is 375 g/mol. The molecule has 0 saturated carbocycles. The van der Waals surface area contributed by atoms with E-state index < -0.39 is 5.60 Å². The minimum Gasteiger partial charge on any atom is -0.454 e. The first kappa shape index (κ1) is 18.4. The molecular formula is C22H23FN2O4. The number of nitrogens with zero attached hydrogens (tertiary/aromatic N) is 1. The van der Waals surface area contributed by atoms with Crippen LogP contribution in [0.2, 0.25) is 0 Å². The zero-order valence-electron chi connectivity index (χ0n) is 15.9. The normalized spacial score (nSPS) is 27.8. The lowest BCUT2D eigenvalue weighted by Gasteiger charge is -2.43. The molecule has 2 aromatic rings. The van der Waals surface area contributed by atoms with Crippen molar-refractivity contribution in [3.05, 3.63) is 53.8 Å². The quantitative estimate of drug-likeness (QED) is 0.829. The largest absolute Gasteiger partial charge is 0.454 e. The van der Waals surface area contributed by atoms with Crippen LogP contribution in [-0.4, -0.2) is 41.3 Å². The van der Waals surface area contributed by atoms with E-state index in [0.29, 0.717) is 35.6 Å². The number of ether oxygens (including phenoxy) is 2. The van der Waals surface area contributed by atoms with Gasteiger partial charge < -0.3 is 19.9 Å². The molecule has 7 heteroatoms. The predicted molar refractivity (Wildman–Crippen MR) is 104 cm³/mol. The molecule has 0 spiro atoms. The number of benzene rings is 2. The van der Waals surface area contributed by atoms with E-state index in [2.05, 4.69) is 10.2 Å². The van der Waals surface area contributed by atoms with E-state index in [9.17, 15) is 14.3 Å². The average Bonchev–Trinajstić information content (AvgIpc) is 3.24. The van der Waals surface area contributed by atoms with Crippen LogP contribution in [-0.2, 0) is 10.4 Å². The van der Waals surface area contributed by atoms with Crippen LogP contribution in [0, 0.1) is 5.82 Å². The van der Waals surface area contributed by atoms with Crippen LogP contribution in [0.4, 0.5) is 10.1 Å². The molecule has 0 unspecified atom stereocenters. The highest BCUT2D eigenvalue weighted by atomic mass is 19.1. The highest BCUT2D eigenvalue weighted by molar-refractivity contribution is 5.92. The Balaban J connectivity index is 1.26. The molecule has 29 heavy (non-hydrogen) atoms. The van der Waals surface area contributed by atoms with Gasteiger partial charge in [-0.25, -0.2) is 4.39 Å². The van der Waals surface area contributed by atoms with Crippen LogP contribution >= 0.6 is 0 Å². The number of piperidine rings is 1. The Morgan fingerprint density at radius 2 is 1.86 bits per heavy atom.